The summed E-state index contributed by atoms with van der Waals surface area (Å²) < 4.78 is 38.8. The van der Waals surface area contributed by atoms with Crippen molar-refractivity contribution in [3.05, 3.63) is 6.20 Å². The van der Waals surface area contributed by atoms with Gasteiger partial charge in [-0.3, -0.25) is 5.10 Å². The lowest BCUT2D eigenvalue weighted by molar-refractivity contribution is -0.151. The quantitative estimate of drug-likeness (QED) is 0.795. The van der Waals surface area contributed by atoms with E-state index >= 15 is 0 Å². The summed E-state index contributed by atoms with van der Waals surface area (Å²) in [4.78, 5) is 8.10. The highest BCUT2D eigenvalue weighted by Crippen LogP contribution is 2.51. The number of anilines is 2. The summed E-state index contributed by atoms with van der Waals surface area (Å²) in [6.07, 6.45) is -2.79. The van der Waals surface area contributed by atoms with Crippen LogP contribution in [0.1, 0.15) is 12.8 Å². The van der Waals surface area contributed by atoms with E-state index in [1.807, 2.05) is 0 Å². The molecule has 0 radical (unpaired) electrons. The fourth-order valence-corrected chi connectivity index (χ4v) is 1.87. The van der Waals surface area contributed by atoms with Gasteiger partial charge < -0.3 is 10.6 Å². The minimum absolute atomic E-state index is 0.0503. The molecule has 0 saturated heterocycles. The fourth-order valence-electron chi connectivity index (χ4n) is 1.87. The van der Waals surface area contributed by atoms with Crippen LogP contribution in [0.3, 0.4) is 0 Å². The van der Waals surface area contributed by atoms with Gasteiger partial charge in [0.2, 0.25) is 5.95 Å². The van der Waals surface area contributed by atoms with E-state index in [1.54, 1.807) is 7.05 Å². The molecule has 0 aromatic carbocycles. The van der Waals surface area contributed by atoms with Gasteiger partial charge in [-0.2, -0.15) is 28.2 Å². The van der Waals surface area contributed by atoms with Crippen molar-refractivity contribution in [1.82, 2.24) is 20.2 Å². The molecule has 19 heavy (non-hydrogen) atoms. The van der Waals surface area contributed by atoms with Crippen molar-refractivity contribution in [1.29, 1.82) is 0 Å². The first-order chi connectivity index (χ1) is 8.95. The highest BCUT2D eigenvalue weighted by Gasteiger charge is 2.63. The van der Waals surface area contributed by atoms with E-state index in [-0.39, 0.29) is 24.6 Å². The molecule has 0 amide bonds. The number of nitrogens with one attached hydrogen (secondary N) is 3. The second-order valence-corrected chi connectivity index (χ2v) is 4.48. The van der Waals surface area contributed by atoms with Crippen LogP contribution in [0.2, 0.25) is 0 Å². The Morgan fingerprint density at radius 1 is 1.32 bits per heavy atom. The average molecular weight is 272 g/mol. The molecule has 2 aromatic rings. The second kappa shape index (κ2) is 3.72. The molecule has 6 nitrogen and oxygen atoms in total. The van der Waals surface area contributed by atoms with Crippen molar-refractivity contribution in [2.75, 3.05) is 17.7 Å². The van der Waals surface area contributed by atoms with Gasteiger partial charge in [-0.25, -0.2) is 0 Å². The first-order valence-corrected chi connectivity index (χ1v) is 5.69. The van der Waals surface area contributed by atoms with E-state index in [2.05, 4.69) is 30.8 Å². The minimum atomic E-state index is -4.30. The van der Waals surface area contributed by atoms with Crippen molar-refractivity contribution in [2.45, 2.75) is 24.6 Å². The normalized spacial score (nSPS) is 17.5. The Balaban J connectivity index is 2.03. The molecule has 1 fully saturated rings. The molecule has 2 heterocycles. The maximum atomic E-state index is 12.9. The summed E-state index contributed by atoms with van der Waals surface area (Å²) in [5.74, 6) is 0.371. The number of alkyl halides is 3. The summed E-state index contributed by atoms with van der Waals surface area (Å²) in [6.45, 7) is 0. The van der Waals surface area contributed by atoms with Crippen LogP contribution in [0.4, 0.5) is 24.9 Å². The monoisotopic (exact) mass is 272 g/mol. The first kappa shape index (κ1) is 12.0. The van der Waals surface area contributed by atoms with Crippen LogP contribution in [0.5, 0.6) is 0 Å². The zero-order valence-electron chi connectivity index (χ0n) is 9.97. The molecule has 1 saturated carbocycles. The van der Waals surface area contributed by atoms with E-state index in [9.17, 15) is 13.2 Å². The summed E-state index contributed by atoms with van der Waals surface area (Å²) in [5, 5.41) is 12.0. The molecule has 9 heteroatoms. The van der Waals surface area contributed by atoms with Crippen LogP contribution >= 0.6 is 0 Å². The number of aromatic amines is 1. The Bertz CT molecular complexity index is 615. The Morgan fingerprint density at radius 3 is 2.63 bits per heavy atom. The Hall–Kier alpha value is -2.06. The zero-order valence-corrected chi connectivity index (χ0v) is 9.97. The number of rotatable bonds is 3. The van der Waals surface area contributed by atoms with Gasteiger partial charge in [0.05, 0.1) is 11.6 Å². The molecule has 1 aliphatic rings. The van der Waals surface area contributed by atoms with Gasteiger partial charge in [0, 0.05) is 7.05 Å². The van der Waals surface area contributed by atoms with Crippen LogP contribution in [0, 0.1) is 0 Å². The van der Waals surface area contributed by atoms with E-state index < -0.39 is 11.7 Å². The number of hydrogen-bond donors (Lipinski definition) is 3. The van der Waals surface area contributed by atoms with Crippen molar-refractivity contribution in [3.63, 3.8) is 0 Å². The maximum absolute atomic E-state index is 12.9. The smallest absolute Gasteiger partial charge is 0.357 e. The predicted octanol–water partition coefficient (Wildman–Crippen LogP) is 1.90. The third kappa shape index (κ3) is 1.85. The molecule has 0 unspecified atom stereocenters. The number of H-pyrrole nitrogens is 1. The number of fused-ring (bicyclic) bond motifs is 1. The van der Waals surface area contributed by atoms with Gasteiger partial charge in [0.15, 0.2) is 5.65 Å². The van der Waals surface area contributed by atoms with E-state index in [1.165, 1.54) is 6.20 Å². The van der Waals surface area contributed by atoms with Gasteiger partial charge in [-0.15, -0.1) is 0 Å². The molecule has 0 spiro atoms. The van der Waals surface area contributed by atoms with Crippen molar-refractivity contribution >= 4 is 22.8 Å². The van der Waals surface area contributed by atoms with Crippen molar-refractivity contribution in [3.8, 4) is 0 Å². The first-order valence-electron chi connectivity index (χ1n) is 5.69. The lowest BCUT2D eigenvalue weighted by atomic mass is 10.2. The van der Waals surface area contributed by atoms with Crippen molar-refractivity contribution in [2.24, 2.45) is 0 Å². The van der Waals surface area contributed by atoms with Crippen LogP contribution in [-0.2, 0) is 0 Å². The van der Waals surface area contributed by atoms with Crippen LogP contribution < -0.4 is 10.6 Å². The Labute approximate surface area is 105 Å². The predicted molar refractivity (Wildman–Crippen MR) is 62.9 cm³/mol. The summed E-state index contributed by atoms with van der Waals surface area (Å²) in [7, 11) is 1.60. The largest absolute Gasteiger partial charge is 0.411 e. The molecule has 3 N–H and O–H groups in total. The lowest BCUT2D eigenvalue weighted by Crippen LogP contribution is -2.39. The summed E-state index contributed by atoms with van der Waals surface area (Å²) in [5.41, 5.74) is -1.48. The molecule has 0 bridgehead atoms. The minimum Gasteiger partial charge on any atom is -0.357 e. The third-order valence-corrected chi connectivity index (χ3v) is 3.18. The van der Waals surface area contributed by atoms with Gasteiger partial charge >= 0.3 is 6.18 Å². The zero-order chi connectivity index (χ0) is 13.7. The van der Waals surface area contributed by atoms with Crippen LogP contribution in [0.25, 0.3) is 11.0 Å². The second-order valence-electron chi connectivity index (χ2n) is 4.48. The Kier molecular flexibility index (Phi) is 2.35. The molecular weight excluding hydrogens is 261 g/mol. The van der Waals surface area contributed by atoms with Gasteiger partial charge in [0.1, 0.15) is 11.4 Å². The van der Waals surface area contributed by atoms with Crippen molar-refractivity contribution < 1.29 is 13.2 Å². The highest BCUT2D eigenvalue weighted by atomic mass is 19.4. The molecular formula is C10H11F3N6. The third-order valence-electron chi connectivity index (χ3n) is 3.18. The molecule has 2 aromatic heterocycles. The molecule has 1 aliphatic carbocycles. The number of halogens is 3. The van der Waals surface area contributed by atoms with Crippen LogP contribution in [-0.4, -0.2) is 38.9 Å². The Morgan fingerprint density at radius 2 is 2.05 bits per heavy atom. The highest BCUT2D eigenvalue weighted by molar-refractivity contribution is 5.87. The molecule has 3 rings (SSSR count). The number of hydrogen-bond acceptors (Lipinski definition) is 5. The molecule has 102 valence electrons. The molecule has 0 aliphatic heterocycles. The number of aromatic nitrogens is 4. The van der Waals surface area contributed by atoms with Gasteiger partial charge in [-0.05, 0) is 12.8 Å². The standard InChI is InChI=1S/C10H11F3N6/c1-14-8-16-6(5-4-15-19-7(5)17-8)18-9(2-3-9)10(11,12)13/h4H,2-3H2,1H3,(H3,14,15,16,17,18,19). The SMILES string of the molecule is CNc1nc(NC2(C(F)(F)F)CC2)c2cn[nH]c2n1. The average Bonchev–Trinajstić information content (AvgIpc) is 2.98. The van der Waals surface area contributed by atoms with E-state index in [4.69, 9.17) is 0 Å². The maximum Gasteiger partial charge on any atom is 0.411 e. The number of nitrogens with zero attached hydrogens (tertiary/aromatic N) is 3. The lowest BCUT2D eigenvalue weighted by Gasteiger charge is -2.21. The van der Waals surface area contributed by atoms with E-state index in [0.29, 0.717) is 11.0 Å². The summed E-state index contributed by atoms with van der Waals surface area (Å²) in [6, 6.07) is 0. The van der Waals surface area contributed by atoms with E-state index in [0.717, 1.165) is 0 Å². The van der Waals surface area contributed by atoms with Gasteiger partial charge in [-0.1, -0.05) is 0 Å². The van der Waals surface area contributed by atoms with Crippen LogP contribution in [0.15, 0.2) is 6.20 Å². The van der Waals surface area contributed by atoms with Gasteiger partial charge in [0.25, 0.3) is 0 Å². The topological polar surface area (TPSA) is 78.5 Å². The molecule has 0 atom stereocenters. The summed E-state index contributed by atoms with van der Waals surface area (Å²) >= 11 is 0. The fraction of sp³-hybridized carbons (Fsp3) is 0.500.